The predicted molar refractivity (Wildman–Crippen MR) is 117 cm³/mol. The molecule has 7 heteroatoms. The first-order valence-corrected chi connectivity index (χ1v) is 11.4. The molecule has 0 bridgehead atoms. The van der Waals surface area contributed by atoms with Gasteiger partial charge in [0.05, 0.1) is 5.69 Å². The molecule has 0 radical (unpaired) electrons. The van der Waals surface area contributed by atoms with Gasteiger partial charge >= 0.3 is 0 Å². The molecule has 0 spiro atoms. The molecule has 6 nitrogen and oxygen atoms in total. The smallest absolute Gasteiger partial charge is 0.257 e. The Labute approximate surface area is 181 Å². The van der Waals surface area contributed by atoms with Crippen LogP contribution >= 0.6 is 0 Å². The van der Waals surface area contributed by atoms with Crippen molar-refractivity contribution in [2.24, 2.45) is 0 Å². The average Bonchev–Trinajstić information content (AvgIpc) is 3.17. The molecule has 1 atom stereocenters. The van der Waals surface area contributed by atoms with E-state index in [0.717, 1.165) is 86.3 Å². The van der Waals surface area contributed by atoms with Crippen molar-refractivity contribution in [1.29, 1.82) is 0 Å². The van der Waals surface area contributed by atoms with Crippen molar-refractivity contribution in [3.05, 3.63) is 57.1 Å². The minimum atomic E-state index is -0.303. The molecule has 0 amide bonds. The Morgan fingerprint density at radius 1 is 1.23 bits per heavy atom. The van der Waals surface area contributed by atoms with E-state index in [2.05, 4.69) is 17.0 Å². The third-order valence-corrected chi connectivity index (χ3v) is 7.07. The number of piperidine rings is 1. The second kappa shape index (κ2) is 8.19. The molecule has 31 heavy (non-hydrogen) atoms. The molecule has 1 fully saturated rings. The molecule has 2 aliphatic rings. The molecule has 1 saturated heterocycles. The van der Waals surface area contributed by atoms with Crippen molar-refractivity contribution in [1.82, 2.24) is 19.6 Å². The summed E-state index contributed by atoms with van der Waals surface area (Å²) < 4.78 is 20.7. The molecule has 0 aliphatic carbocycles. The van der Waals surface area contributed by atoms with E-state index in [4.69, 9.17) is 9.51 Å². The summed E-state index contributed by atoms with van der Waals surface area (Å²) in [4.78, 5) is 20.3. The van der Waals surface area contributed by atoms with Gasteiger partial charge in [0, 0.05) is 47.6 Å². The predicted octanol–water partition coefficient (Wildman–Crippen LogP) is 4.15. The Morgan fingerprint density at radius 2 is 2.03 bits per heavy atom. The summed E-state index contributed by atoms with van der Waals surface area (Å²) in [5.74, 6) is 0.967. The van der Waals surface area contributed by atoms with Crippen molar-refractivity contribution >= 4 is 11.0 Å². The number of hydrogen-bond donors (Lipinski definition) is 0. The van der Waals surface area contributed by atoms with Gasteiger partial charge in [-0.1, -0.05) is 5.16 Å². The number of rotatable bonds is 4. The number of likely N-dealkylation sites (tertiary alicyclic amines) is 1. The van der Waals surface area contributed by atoms with Crippen LogP contribution in [0.2, 0.25) is 0 Å². The molecule has 2 aliphatic heterocycles. The van der Waals surface area contributed by atoms with E-state index >= 15 is 0 Å². The van der Waals surface area contributed by atoms with Crippen LogP contribution in [0.3, 0.4) is 0 Å². The summed E-state index contributed by atoms with van der Waals surface area (Å²) in [5.41, 5.74) is 3.37. The molecular weight excluding hydrogens is 395 g/mol. The molecule has 3 aromatic rings. The Bertz CT molecular complexity index is 1160. The number of hydrogen-bond acceptors (Lipinski definition) is 5. The quantitative estimate of drug-likeness (QED) is 0.630. The van der Waals surface area contributed by atoms with Gasteiger partial charge in [0.1, 0.15) is 11.6 Å². The zero-order valence-electron chi connectivity index (χ0n) is 18.2. The highest BCUT2D eigenvalue weighted by molar-refractivity contribution is 5.79. The highest BCUT2D eigenvalue weighted by Crippen LogP contribution is 2.32. The lowest BCUT2D eigenvalue weighted by atomic mass is 9.91. The number of benzene rings is 1. The van der Waals surface area contributed by atoms with Gasteiger partial charge in [-0.15, -0.1) is 0 Å². The lowest BCUT2D eigenvalue weighted by molar-refractivity contribution is 0.211. The first-order valence-electron chi connectivity index (χ1n) is 11.4. The fourth-order valence-electron chi connectivity index (χ4n) is 5.26. The topological polar surface area (TPSA) is 64.2 Å². The molecule has 2 aromatic heterocycles. The number of fused-ring (bicyclic) bond motifs is 2. The van der Waals surface area contributed by atoms with Crippen LogP contribution in [-0.2, 0) is 12.8 Å². The molecule has 164 valence electrons. The molecule has 0 saturated carbocycles. The summed E-state index contributed by atoms with van der Waals surface area (Å²) in [5, 5.41) is 5.15. The van der Waals surface area contributed by atoms with Crippen LogP contribution in [0, 0.1) is 12.7 Å². The van der Waals surface area contributed by atoms with Crippen LogP contribution in [0.1, 0.15) is 67.3 Å². The number of aryl methyl sites for hydroxylation is 2. The zero-order valence-corrected chi connectivity index (χ0v) is 18.2. The Morgan fingerprint density at radius 3 is 2.84 bits per heavy atom. The summed E-state index contributed by atoms with van der Waals surface area (Å²) in [6.07, 6.45) is 5.76. The van der Waals surface area contributed by atoms with E-state index in [1.807, 2.05) is 11.5 Å². The van der Waals surface area contributed by atoms with Gasteiger partial charge in [0.25, 0.3) is 5.56 Å². The van der Waals surface area contributed by atoms with Crippen LogP contribution in [0.25, 0.3) is 11.0 Å². The standard InChI is InChI=1S/C24H29FN4O2/c1-15-4-3-5-22-26-16(2)19(24(30)29(15)22)10-13-28-11-8-17(9-12-28)23-20-7-6-18(25)14-21(20)31-27-23/h6-7,14-15,17H,3-5,8-13H2,1-2H3/t15-/m1/s1. The van der Waals surface area contributed by atoms with Crippen LogP contribution in [-0.4, -0.2) is 39.2 Å². The van der Waals surface area contributed by atoms with Crippen LogP contribution in [0.15, 0.2) is 27.5 Å². The monoisotopic (exact) mass is 424 g/mol. The second-order valence-electron chi connectivity index (χ2n) is 9.08. The first-order chi connectivity index (χ1) is 15.0. The molecule has 4 heterocycles. The van der Waals surface area contributed by atoms with Crippen molar-refractivity contribution in [2.75, 3.05) is 19.6 Å². The Balaban J connectivity index is 1.24. The summed E-state index contributed by atoms with van der Waals surface area (Å²) in [7, 11) is 0. The van der Waals surface area contributed by atoms with Crippen LogP contribution in [0.5, 0.6) is 0 Å². The SMILES string of the molecule is Cc1nc2n(c(=O)c1CCN1CCC(c3noc4cc(F)ccc34)CC1)[C@H](C)CCC2. The third-order valence-electron chi connectivity index (χ3n) is 7.07. The van der Waals surface area contributed by atoms with E-state index in [9.17, 15) is 9.18 Å². The normalized spacial score (nSPS) is 20.3. The van der Waals surface area contributed by atoms with Gasteiger partial charge in [-0.05, 0) is 71.2 Å². The van der Waals surface area contributed by atoms with Gasteiger partial charge in [0.2, 0.25) is 0 Å². The highest BCUT2D eigenvalue weighted by atomic mass is 19.1. The lowest BCUT2D eigenvalue weighted by Crippen LogP contribution is -2.38. The van der Waals surface area contributed by atoms with Crippen molar-refractivity contribution in [3.8, 4) is 0 Å². The first kappa shape index (κ1) is 20.4. The van der Waals surface area contributed by atoms with Gasteiger partial charge in [-0.25, -0.2) is 9.37 Å². The van der Waals surface area contributed by atoms with E-state index in [-0.39, 0.29) is 17.4 Å². The fraction of sp³-hybridized carbons (Fsp3) is 0.542. The minimum Gasteiger partial charge on any atom is -0.356 e. The third kappa shape index (κ3) is 3.80. The van der Waals surface area contributed by atoms with Crippen molar-refractivity contribution in [3.63, 3.8) is 0 Å². The molecule has 1 aromatic carbocycles. The van der Waals surface area contributed by atoms with Gasteiger partial charge in [0.15, 0.2) is 5.58 Å². The van der Waals surface area contributed by atoms with E-state index in [0.29, 0.717) is 11.5 Å². The molecule has 0 unspecified atom stereocenters. The van der Waals surface area contributed by atoms with Crippen molar-refractivity contribution < 1.29 is 8.91 Å². The maximum Gasteiger partial charge on any atom is 0.257 e. The van der Waals surface area contributed by atoms with E-state index in [1.54, 1.807) is 6.07 Å². The Hall–Kier alpha value is -2.54. The summed E-state index contributed by atoms with van der Waals surface area (Å²) >= 11 is 0. The van der Waals surface area contributed by atoms with Crippen molar-refractivity contribution in [2.45, 2.75) is 64.3 Å². The number of halogens is 1. The van der Waals surface area contributed by atoms with Crippen LogP contribution in [0.4, 0.5) is 4.39 Å². The highest BCUT2D eigenvalue weighted by Gasteiger charge is 2.26. The summed E-state index contributed by atoms with van der Waals surface area (Å²) in [6, 6.07) is 4.87. The number of aromatic nitrogens is 3. The molecule has 0 N–H and O–H groups in total. The fourth-order valence-corrected chi connectivity index (χ4v) is 5.26. The zero-order chi connectivity index (χ0) is 21.5. The maximum atomic E-state index is 13.4. The van der Waals surface area contributed by atoms with Gasteiger partial charge in [-0.2, -0.15) is 0 Å². The minimum absolute atomic E-state index is 0.158. The molecular formula is C24H29FN4O2. The Kier molecular flexibility index (Phi) is 5.38. The maximum absolute atomic E-state index is 13.4. The lowest BCUT2D eigenvalue weighted by Gasteiger charge is -2.31. The van der Waals surface area contributed by atoms with Crippen LogP contribution < -0.4 is 5.56 Å². The molecule has 5 rings (SSSR count). The van der Waals surface area contributed by atoms with Gasteiger partial charge in [-0.3, -0.25) is 9.36 Å². The van der Waals surface area contributed by atoms with E-state index in [1.165, 1.54) is 12.1 Å². The van der Waals surface area contributed by atoms with Gasteiger partial charge < -0.3 is 9.42 Å². The second-order valence-corrected chi connectivity index (χ2v) is 9.08. The van der Waals surface area contributed by atoms with E-state index < -0.39 is 0 Å². The average molecular weight is 425 g/mol. The number of nitrogens with zero attached hydrogens (tertiary/aromatic N) is 4. The largest absolute Gasteiger partial charge is 0.356 e. The summed E-state index contributed by atoms with van der Waals surface area (Å²) in [6.45, 7) is 6.87.